The number of benzene rings is 1. The molecule has 0 spiro atoms. The quantitative estimate of drug-likeness (QED) is 0.599. The fourth-order valence-electron chi connectivity index (χ4n) is 1.60. The summed E-state index contributed by atoms with van der Waals surface area (Å²) in [5.41, 5.74) is 3.62. The normalized spacial score (nSPS) is 11.0. The van der Waals surface area contributed by atoms with Crippen LogP contribution in [0, 0.1) is 0 Å². The van der Waals surface area contributed by atoms with E-state index in [0.717, 1.165) is 22.3 Å². The molecule has 0 unspecified atom stereocenters. The Bertz CT molecular complexity index is 610. The number of rotatable bonds is 1. The Hall–Kier alpha value is -2.17. The Morgan fingerprint density at radius 3 is 2.80 bits per heavy atom. The van der Waals surface area contributed by atoms with Crippen LogP contribution in [0.25, 0.3) is 22.3 Å². The molecule has 2 heterocycles. The minimum Gasteiger partial charge on any atom is -0.268 e. The molecule has 3 rings (SSSR count). The second-order valence-corrected chi connectivity index (χ2v) is 3.31. The van der Waals surface area contributed by atoms with E-state index in [1.807, 2.05) is 36.0 Å². The lowest BCUT2D eigenvalue weighted by Gasteiger charge is -2.00. The maximum atomic E-state index is 4.65. The summed E-state index contributed by atoms with van der Waals surface area (Å²) >= 11 is 0. The molecule has 5 nitrogen and oxygen atoms in total. The molecular weight excluding hydrogens is 192 g/mol. The number of hydrogen-bond acceptors (Lipinski definition) is 4. The molecule has 0 bridgehead atoms. The lowest BCUT2D eigenvalue weighted by molar-refractivity contribution is 0.315. The maximum absolute atomic E-state index is 4.65. The van der Waals surface area contributed by atoms with Crippen LogP contribution in [-0.2, 0) is 7.05 Å². The smallest absolute Gasteiger partial charge is 0.135 e. The summed E-state index contributed by atoms with van der Waals surface area (Å²) in [6, 6.07) is 7.75. The summed E-state index contributed by atoms with van der Waals surface area (Å²) in [5, 5.41) is 11.7. The number of hydrogen-bond donors (Lipinski definition) is 0. The summed E-state index contributed by atoms with van der Waals surface area (Å²) in [7, 11) is 1.90. The monoisotopic (exact) mass is 200 g/mol. The zero-order valence-corrected chi connectivity index (χ0v) is 8.08. The maximum Gasteiger partial charge on any atom is 0.135 e. The van der Waals surface area contributed by atoms with Crippen LogP contribution in [0.15, 0.2) is 35.1 Å². The molecule has 0 aliphatic heterocycles. The summed E-state index contributed by atoms with van der Waals surface area (Å²) < 4.78 is 6.46. The van der Waals surface area contributed by atoms with Gasteiger partial charge in [0.1, 0.15) is 11.0 Å². The van der Waals surface area contributed by atoms with Crippen molar-refractivity contribution in [3.8, 4) is 11.3 Å². The third kappa shape index (κ3) is 1.20. The Labute approximate surface area is 85.3 Å². The van der Waals surface area contributed by atoms with Crippen molar-refractivity contribution in [2.45, 2.75) is 0 Å². The summed E-state index contributed by atoms with van der Waals surface area (Å²) in [6.07, 6.45) is 1.76. The number of aromatic nitrogens is 4. The van der Waals surface area contributed by atoms with Crippen molar-refractivity contribution in [1.29, 1.82) is 0 Å². The molecule has 0 saturated carbocycles. The van der Waals surface area contributed by atoms with Crippen LogP contribution >= 0.6 is 0 Å². The van der Waals surface area contributed by atoms with E-state index < -0.39 is 0 Å². The minimum absolute atomic E-state index is 0.758. The van der Waals surface area contributed by atoms with Gasteiger partial charge in [-0.15, -0.1) is 0 Å². The van der Waals surface area contributed by atoms with Gasteiger partial charge < -0.3 is 0 Å². The fraction of sp³-hybridized carbons (Fsp3) is 0.100. The lowest BCUT2D eigenvalue weighted by Crippen LogP contribution is -1.92. The van der Waals surface area contributed by atoms with Crippen molar-refractivity contribution in [3.63, 3.8) is 0 Å². The molecule has 0 aliphatic carbocycles. The van der Waals surface area contributed by atoms with Crippen LogP contribution in [0.2, 0.25) is 0 Å². The molecule has 0 radical (unpaired) electrons. The first-order valence-corrected chi connectivity index (χ1v) is 4.55. The Kier molecular flexibility index (Phi) is 1.58. The highest BCUT2D eigenvalue weighted by molar-refractivity contribution is 5.79. The largest absolute Gasteiger partial charge is 0.268 e. The van der Waals surface area contributed by atoms with Crippen molar-refractivity contribution in [3.05, 3.63) is 30.5 Å². The molecule has 1 aromatic carbocycles. The molecule has 0 N–H and O–H groups in total. The first kappa shape index (κ1) is 8.16. The van der Waals surface area contributed by atoms with Crippen molar-refractivity contribution in [2.75, 3.05) is 0 Å². The zero-order chi connectivity index (χ0) is 10.3. The van der Waals surface area contributed by atoms with E-state index in [9.17, 15) is 0 Å². The highest BCUT2D eigenvalue weighted by Crippen LogP contribution is 2.21. The van der Waals surface area contributed by atoms with Gasteiger partial charge in [-0.2, -0.15) is 5.10 Å². The predicted molar refractivity (Wildman–Crippen MR) is 54.0 cm³/mol. The van der Waals surface area contributed by atoms with Crippen molar-refractivity contribution < 1.29 is 4.63 Å². The van der Waals surface area contributed by atoms with Gasteiger partial charge in [-0.3, -0.25) is 4.68 Å². The van der Waals surface area contributed by atoms with E-state index in [4.69, 9.17) is 0 Å². The van der Waals surface area contributed by atoms with Gasteiger partial charge >= 0.3 is 0 Å². The van der Waals surface area contributed by atoms with E-state index in [-0.39, 0.29) is 0 Å². The Morgan fingerprint density at radius 2 is 2.00 bits per heavy atom. The highest BCUT2D eigenvalue weighted by atomic mass is 16.6. The van der Waals surface area contributed by atoms with Gasteiger partial charge in [-0.05, 0) is 28.5 Å². The molecule has 0 aliphatic rings. The van der Waals surface area contributed by atoms with E-state index >= 15 is 0 Å². The minimum atomic E-state index is 0.758. The van der Waals surface area contributed by atoms with E-state index in [2.05, 4.69) is 20.0 Å². The number of aryl methyl sites for hydroxylation is 1. The fourth-order valence-corrected chi connectivity index (χ4v) is 1.60. The Morgan fingerprint density at radius 1 is 1.13 bits per heavy atom. The molecule has 0 atom stereocenters. The van der Waals surface area contributed by atoms with Crippen molar-refractivity contribution >= 4 is 11.0 Å². The average Bonchev–Trinajstić information content (AvgIpc) is 2.84. The third-order valence-corrected chi connectivity index (χ3v) is 2.37. The average molecular weight is 200 g/mol. The lowest BCUT2D eigenvalue weighted by atomic mass is 10.1. The summed E-state index contributed by atoms with van der Waals surface area (Å²) in [6.45, 7) is 0. The molecule has 2 aromatic heterocycles. The number of fused-ring (bicyclic) bond motifs is 1. The molecule has 0 fully saturated rings. The van der Waals surface area contributed by atoms with Crippen LogP contribution in [0.1, 0.15) is 0 Å². The standard InChI is InChI=1S/C10H8N4O/c1-14-10(4-5-11-14)7-2-3-8-9(6-7)13-15-12-8/h2-6H,1H3. The summed E-state index contributed by atoms with van der Waals surface area (Å²) in [5.74, 6) is 0. The predicted octanol–water partition coefficient (Wildman–Crippen LogP) is 1.62. The van der Waals surface area contributed by atoms with E-state index in [1.165, 1.54) is 0 Å². The molecule has 15 heavy (non-hydrogen) atoms. The van der Waals surface area contributed by atoms with Crippen LogP contribution in [0.3, 0.4) is 0 Å². The Balaban J connectivity index is 2.23. The summed E-state index contributed by atoms with van der Waals surface area (Å²) in [4.78, 5) is 0. The zero-order valence-electron chi connectivity index (χ0n) is 8.08. The van der Waals surface area contributed by atoms with E-state index in [1.54, 1.807) is 6.20 Å². The molecule has 0 saturated heterocycles. The van der Waals surface area contributed by atoms with Crippen molar-refractivity contribution in [1.82, 2.24) is 20.1 Å². The first-order chi connectivity index (χ1) is 7.34. The van der Waals surface area contributed by atoms with Gasteiger partial charge in [-0.1, -0.05) is 6.07 Å². The van der Waals surface area contributed by atoms with Crippen LogP contribution in [-0.4, -0.2) is 20.1 Å². The van der Waals surface area contributed by atoms with Gasteiger partial charge in [0.25, 0.3) is 0 Å². The topological polar surface area (TPSA) is 56.7 Å². The number of nitrogens with zero attached hydrogens (tertiary/aromatic N) is 4. The van der Waals surface area contributed by atoms with Gasteiger partial charge in [-0.25, -0.2) is 4.63 Å². The SMILES string of the molecule is Cn1nccc1-c1ccc2nonc2c1. The molecule has 74 valence electrons. The first-order valence-electron chi connectivity index (χ1n) is 4.55. The molecule has 3 aromatic rings. The van der Waals surface area contributed by atoms with Gasteiger partial charge in [0.05, 0.1) is 5.69 Å². The van der Waals surface area contributed by atoms with Gasteiger partial charge in [0.15, 0.2) is 0 Å². The van der Waals surface area contributed by atoms with Crippen molar-refractivity contribution in [2.24, 2.45) is 7.05 Å². The van der Waals surface area contributed by atoms with Gasteiger partial charge in [0.2, 0.25) is 0 Å². The van der Waals surface area contributed by atoms with Crippen LogP contribution < -0.4 is 0 Å². The van der Waals surface area contributed by atoms with Crippen LogP contribution in [0.5, 0.6) is 0 Å². The molecular formula is C10H8N4O. The van der Waals surface area contributed by atoms with Crippen LogP contribution in [0.4, 0.5) is 0 Å². The molecule has 0 amide bonds. The van der Waals surface area contributed by atoms with E-state index in [0.29, 0.717) is 0 Å². The third-order valence-electron chi connectivity index (χ3n) is 2.37. The second-order valence-electron chi connectivity index (χ2n) is 3.31. The van der Waals surface area contributed by atoms with Gasteiger partial charge in [0, 0.05) is 18.8 Å². The molecule has 5 heteroatoms. The second kappa shape index (κ2) is 2.91. The highest BCUT2D eigenvalue weighted by Gasteiger charge is 2.05.